The standard InChI is InChI=1S/C15H22N2O2/c1-11-5-6-14(8-12(11)2)19-10-15(18)17-13-4-3-7-16-9-13/h5-6,8,13,16H,3-4,7,9-10H2,1-2H3,(H,17,18)/t13-/m0/s1. The van der Waals surface area contributed by atoms with Gasteiger partial charge >= 0.3 is 0 Å². The van der Waals surface area contributed by atoms with Gasteiger partial charge in [-0.2, -0.15) is 0 Å². The third kappa shape index (κ3) is 4.24. The predicted octanol–water partition coefficient (Wildman–Crippen LogP) is 1.55. The molecule has 0 bridgehead atoms. The third-order valence-electron chi connectivity index (χ3n) is 3.51. The highest BCUT2D eigenvalue weighted by Crippen LogP contribution is 2.16. The molecule has 104 valence electrons. The van der Waals surface area contributed by atoms with Crippen molar-refractivity contribution in [1.82, 2.24) is 10.6 Å². The quantitative estimate of drug-likeness (QED) is 0.865. The lowest BCUT2D eigenvalue weighted by atomic mass is 10.1. The van der Waals surface area contributed by atoms with E-state index in [0.717, 1.165) is 31.7 Å². The van der Waals surface area contributed by atoms with E-state index in [1.165, 1.54) is 11.1 Å². The number of hydrogen-bond acceptors (Lipinski definition) is 3. The Morgan fingerprint density at radius 1 is 1.42 bits per heavy atom. The largest absolute Gasteiger partial charge is 0.484 e. The van der Waals surface area contributed by atoms with E-state index in [9.17, 15) is 4.79 Å². The minimum Gasteiger partial charge on any atom is -0.484 e. The minimum absolute atomic E-state index is 0.0491. The molecule has 1 aromatic carbocycles. The Bertz CT molecular complexity index is 440. The molecule has 1 saturated heterocycles. The normalized spacial score (nSPS) is 18.9. The highest BCUT2D eigenvalue weighted by Gasteiger charge is 2.15. The van der Waals surface area contributed by atoms with Crippen molar-refractivity contribution in [3.8, 4) is 5.75 Å². The van der Waals surface area contributed by atoms with Gasteiger partial charge in [0.05, 0.1) is 0 Å². The van der Waals surface area contributed by atoms with Gasteiger partial charge in [0.2, 0.25) is 0 Å². The first-order chi connectivity index (χ1) is 9.15. The molecule has 1 aliphatic rings. The van der Waals surface area contributed by atoms with Crippen molar-refractivity contribution in [2.45, 2.75) is 32.7 Å². The first-order valence-electron chi connectivity index (χ1n) is 6.85. The maximum absolute atomic E-state index is 11.8. The fourth-order valence-electron chi connectivity index (χ4n) is 2.20. The van der Waals surface area contributed by atoms with Crippen molar-refractivity contribution in [2.75, 3.05) is 19.7 Å². The van der Waals surface area contributed by atoms with Crippen LogP contribution in [0.5, 0.6) is 5.75 Å². The minimum atomic E-state index is -0.0491. The Morgan fingerprint density at radius 3 is 2.95 bits per heavy atom. The van der Waals surface area contributed by atoms with Crippen LogP contribution in [0.15, 0.2) is 18.2 Å². The van der Waals surface area contributed by atoms with Crippen molar-refractivity contribution >= 4 is 5.91 Å². The molecule has 4 heteroatoms. The summed E-state index contributed by atoms with van der Waals surface area (Å²) in [6.07, 6.45) is 2.16. The van der Waals surface area contributed by atoms with E-state index in [-0.39, 0.29) is 18.6 Å². The second-order valence-corrected chi connectivity index (χ2v) is 5.15. The monoisotopic (exact) mass is 262 g/mol. The molecule has 1 amide bonds. The number of carbonyl (C=O) groups is 1. The van der Waals surface area contributed by atoms with Crippen molar-refractivity contribution in [3.05, 3.63) is 29.3 Å². The van der Waals surface area contributed by atoms with Crippen LogP contribution in [0, 0.1) is 13.8 Å². The lowest BCUT2D eigenvalue weighted by Crippen LogP contribution is -2.46. The Labute approximate surface area is 114 Å². The van der Waals surface area contributed by atoms with E-state index in [4.69, 9.17) is 4.74 Å². The maximum atomic E-state index is 11.8. The first kappa shape index (κ1) is 13.9. The number of carbonyl (C=O) groups excluding carboxylic acids is 1. The number of amides is 1. The van der Waals surface area contributed by atoms with Crippen molar-refractivity contribution in [2.24, 2.45) is 0 Å². The van der Waals surface area contributed by atoms with Gasteiger partial charge in [-0.05, 0) is 56.5 Å². The summed E-state index contributed by atoms with van der Waals surface area (Å²) in [4.78, 5) is 11.8. The van der Waals surface area contributed by atoms with Crippen molar-refractivity contribution in [1.29, 1.82) is 0 Å². The number of rotatable bonds is 4. The Kier molecular flexibility index (Phi) is 4.80. The molecule has 19 heavy (non-hydrogen) atoms. The smallest absolute Gasteiger partial charge is 0.258 e. The average Bonchev–Trinajstić information content (AvgIpc) is 2.41. The van der Waals surface area contributed by atoms with E-state index in [1.54, 1.807) is 0 Å². The molecule has 0 aromatic heterocycles. The van der Waals surface area contributed by atoms with Crippen molar-refractivity contribution < 1.29 is 9.53 Å². The Morgan fingerprint density at radius 2 is 2.26 bits per heavy atom. The number of benzene rings is 1. The first-order valence-corrected chi connectivity index (χ1v) is 6.85. The molecule has 0 unspecified atom stereocenters. The highest BCUT2D eigenvalue weighted by molar-refractivity contribution is 5.77. The number of nitrogens with one attached hydrogen (secondary N) is 2. The summed E-state index contributed by atoms with van der Waals surface area (Å²) >= 11 is 0. The zero-order chi connectivity index (χ0) is 13.7. The topological polar surface area (TPSA) is 50.4 Å². The molecule has 4 nitrogen and oxygen atoms in total. The van der Waals surface area contributed by atoms with Gasteiger partial charge in [0, 0.05) is 12.6 Å². The zero-order valence-electron chi connectivity index (χ0n) is 11.7. The molecule has 0 aliphatic carbocycles. The van der Waals surface area contributed by atoms with E-state index in [0.29, 0.717) is 0 Å². The number of piperidine rings is 1. The molecule has 1 aliphatic heterocycles. The molecule has 0 radical (unpaired) electrons. The van der Waals surface area contributed by atoms with Gasteiger partial charge in [-0.3, -0.25) is 4.79 Å². The average molecular weight is 262 g/mol. The molecule has 0 saturated carbocycles. The molecular weight excluding hydrogens is 240 g/mol. The summed E-state index contributed by atoms with van der Waals surface area (Å²) in [5.74, 6) is 0.701. The second-order valence-electron chi connectivity index (χ2n) is 5.15. The number of hydrogen-bond donors (Lipinski definition) is 2. The van der Waals surface area contributed by atoms with Crippen LogP contribution < -0.4 is 15.4 Å². The van der Waals surface area contributed by atoms with Gasteiger partial charge in [-0.15, -0.1) is 0 Å². The molecule has 1 atom stereocenters. The van der Waals surface area contributed by atoms with Crippen LogP contribution in [0.4, 0.5) is 0 Å². The van der Waals surface area contributed by atoms with Crippen molar-refractivity contribution in [3.63, 3.8) is 0 Å². The van der Waals surface area contributed by atoms with Crippen LogP contribution in [0.25, 0.3) is 0 Å². The molecule has 1 aromatic rings. The molecule has 2 rings (SSSR count). The summed E-state index contributed by atoms with van der Waals surface area (Å²) in [5, 5.41) is 6.26. The maximum Gasteiger partial charge on any atom is 0.258 e. The highest BCUT2D eigenvalue weighted by atomic mass is 16.5. The number of aryl methyl sites for hydroxylation is 2. The molecule has 0 spiro atoms. The summed E-state index contributed by atoms with van der Waals surface area (Å²) < 4.78 is 5.51. The van der Waals surface area contributed by atoms with Gasteiger partial charge in [0.25, 0.3) is 5.91 Å². The van der Waals surface area contributed by atoms with Gasteiger partial charge < -0.3 is 15.4 Å². The van der Waals surface area contributed by atoms with E-state index >= 15 is 0 Å². The predicted molar refractivity (Wildman–Crippen MR) is 75.4 cm³/mol. The zero-order valence-corrected chi connectivity index (χ0v) is 11.7. The second kappa shape index (κ2) is 6.57. The van der Waals surface area contributed by atoms with Crippen LogP contribution in [0.2, 0.25) is 0 Å². The third-order valence-corrected chi connectivity index (χ3v) is 3.51. The van der Waals surface area contributed by atoms with Crippen LogP contribution in [-0.4, -0.2) is 31.6 Å². The Balaban J connectivity index is 1.77. The van der Waals surface area contributed by atoms with Crippen LogP contribution in [-0.2, 0) is 4.79 Å². The van der Waals surface area contributed by atoms with Gasteiger partial charge in [-0.25, -0.2) is 0 Å². The van der Waals surface area contributed by atoms with E-state index in [1.807, 2.05) is 25.1 Å². The van der Waals surface area contributed by atoms with Crippen LogP contribution in [0.3, 0.4) is 0 Å². The van der Waals surface area contributed by atoms with E-state index in [2.05, 4.69) is 17.6 Å². The molecular formula is C15H22N2O2. The van der Waals surface area contributed by atoms with Crippen LogP contribution >= 0.6 is 0 Å². The summed E-state index contributed by atoms with van der Waals surface area (Å²) in [6, 6.07) is 6.11. The fraction of sp³-hybridized carbons (Fsp3) is 0.533. The molecule has 1 heterocycles. The van der Waals surface area contributed by atoms with Gasteiger partial charge in [-0.1, -0.05) is 6.07 Å². The lowest BCUT2D eigenvalue weighted by Gasteiger charge is -2.23. The lowest BCUT2D eigenvalue weighted by molar-refractivity contribution is -0.123. The summed E-state index contributed by atoms with van der Waals surface area (Å²) in [7, 11) is 0. The summed E-state index contributed by atoms with van der Waals surface area (Å²) in [6.45, 7) is 6.08. The summed E-state index contributed by atoms with van der Waals surface area (Å²) in [5.41, 5.74) is 2.40. The molecule has 1 fully saturated rings. The van der Waals surface area contributed by atoms with Gasteiger partial charge in [0.15, 0.2) is 6.61 Å². The molecule has 2 N–H and O–H groups in total. The fourth-order valence-corrected chi connectivity index (χ4v) is 2.20. The SMILES string of the molecule is Cc1ccc(OCC(=O)N[C@H]2CCCNC2)cc1C. The van der Waals surface area contributed by atoms with E-state index < -0.39 is 0 Å². The van der Waals surface area contributed by atoms with Crippen LogP contribution in [0.1, 0.15) is 24.0 Å². The number of ether oxygens (including phenoxy) is 1. The van der Waals surface area contributed by atoms with Gasteiger partial charge in [0.1, 0.15) is 5.75 Å². The Hall–Kier alpha value is -1.55.